The molecule has 0 saturated carbocycles. The van der Waals surface area contributed by atoms with Crippen LogP contribution in [-0.2, 0) is 14.8 Å². The van der Waals surface area contributed by atoms with E-state index in [-0.39, 0.29) is 23.2 Å². The van der Waals surface area contributed by atoms with Gasteiger partial charge in [-0.15, -0.1) is 12.4 Å². The number of hydrogen-bond acceptors (Lipinski definition) is 5. The fourth-order valence-corrected chi connectivity index (χ4v) is 4.29. The van der Waals surface area contributed by atoms with Gasteiger partial charge < -0.3 is 10.1 Å². The zero-order valence-electron chi connectivity index (χ0n) is 16.0. The van der Waals surface area contributed by atoms with Crippen molar-refractivity contribution in [2.24, 2.45) is 0 Å². The van der Waals surface area contributed by atoms with E-state index in [0.717, 1.165) is 19.4 Å². The molecule has 1 amide bonds. The van der Waals surface area contributed by atoms with E-state index >= 15 is 0 Å². The topological polar surface area (TPSA) is 79.0 Å². The lowest BCUT2D eigenvalue weighted by Crippen LogP contribution is -2.50. The van der Waals surface area contributed by atoms with E-state index in [4.69, 9.17) is 4.74 Å². The molecule has 27 heavy (non-hydrogen) atoms. The van der Waals surface area contributed by atoms with Crippen LogP contribution in [0.15, 0.2) is 29.2 Å². The average molecular weight is 420 g/mol. The summed E-state index contributed by atoms with van der Waals surface area (Å²) in [5.41, 5.74) is 0. The molecule has 0 atom stereocenters. The molecular weight excluding hydrogens is 390 g/mol. The molecule has 1 aliphatic heterocycles. The minimum Gasteiger partial charge on any atom is -0.497 e. The van der Waals surface area contributed by atoms with Gasteiger partial charge in [0.2, 0.25) is 15.9 Å². The number of unbranched alkanes of at least 4 members (excludes halogenated alkanes) is 1. The Balaban J connectivity index is 0.00000364. The van der Waals surface area contributed by atoms with Crippen LogP contribution in [-0.4, -0.2) is 69.9 Å². The number of hydrogen-bond donors (Lipinski definition) is 1. The second kappa shape index (κ2) is 11.5. The molecule has 1 aliphatic rings. The van der Waals surface area contributed by atoms with Crippen LogP contribution in [0.4, 0.5) is 0 Å². The minimum atomic E-state index is -3.47. The van der Waals surface area contributed by atoms with Gasteiger partial charge in [-0.05, 0) is 30.7 Å². The second-order valence-corrected chi connectivity index (χ2v) is 8.31. The van der Waals surface area contributed by atoms with Gasteiger partial charge in [0.05, 0.1) is 12.0 Å². The standard InChI is InChI=1S/C18H29N3O4S.ClH/c1-3-4-5-18(22)19-10-11-20-12-14-21(15-13-20)26(23,24)17-8-6-16(25-2)7-9-17;/h6-9H,3-5,10-15H2,1-2H3,(H,19,22);1H. The first-order valence-corrected chi connectivity index (χ1v) is 10.5. The van der Waals surface area contributed by atoms with Crippen LogP contribution in [0.1, 0.15) is 26.2 Å². The Bertz CT molecular complexity index is 674. The lowest BCUT2D eigenvalue weighted by molar-refractivity contribution is -0.121. The molecule has 154 valence electrons. The fraction of sp³-hybridized carbons (Fsp3) is 0.611. The lowest BCUT2D eigenvalue weighted by atomic mass is 10.2. The average Bonchev–Trinajstić information content (AvgIpc) is 2.67. The van der Waals surface area contributed by atoms with Crippen LogP contribution < -0.4 is 10.1 Å². The summed E-state index contributed by atoms with van der Waals surface area (Å²) in [6.07, 6.45) is 2.50. The highest BCUT2D eigenvalue weighted by atomic mass is 35.5. The number of carbonyl (C=O) groups excluding carboxylic acids is 1. The first-order valence-electron chi connectivity index (χ1n) is 9.10. The number of halogens is 1. The number of benzene rings is 1. The Morgan fingerprint density at radius 2 is 1.78 bits per heavy atom. The monoisotopic (exact) mass is 419 g/mol. The van der Waals surface area contributed by atoms with E-state index in [2.05, 4.69) is 17.1 Å². The maximum absolute atomic E-state index is 12.7. The van der Waals surface area contributed by atoms with Crippen LogP contribution >= 0.6 is 12.4 Å². The molecule has 1 aromatic carbocycles. The Labute approximate surface area is 168 Å². The lowest BCUT2D eigenvalue weighted by Gasteiger charge is -2.34. The maximum atomic E-state index is 12.7. The van der Waals surface area contributed by atoms with E-state index in [1.165, 1.54) is 4.31 Å². The number of nitrogens with zero attached hydrogens (tertiary/aromatic N) is 2. The Morgan fingerprint density at radius 1 is 1.15 bits per heavy atom. The smallest absolute Gasteiger partial charge is 0.243 e. The summed E-state index contributed by atoms with van der Waals surface area (Å²) in [5.74, 6) is 0.724. The number of nitrogens with one attached hydrogen (secondary N) is 1. The van der Waals surface area contributed by atoms with Crippen molar-refractivity contribution in [2.75, 3.05) is 46.4 Å². The predicted molar refractivity (Wildman–Crippen MR) is 108 cm³/mol. The minimum absolute atomic E-state index is 0. The van der Waals surface area contributed by atoms with Gasteiger partial charge in [0.25, 0.3) is 0 Å². The van der Waals surface area contributed by atoms with Gasteiger partial charge in [-0.3, -0.25) is 9.69 Å². The number of carbonyl (C=O) groups is 1. The third-order valence-electron chi connectivity index (χ3n) is 4.54. The number of amides is 1. The van der Waals surface area contributed by atoms with Crippen molar-refractivity contribution in [3.8, 4) is 5.75 Å². The first-order chi connectivity index (χ1) is 12.5. The maximum Gasteiger partial charge on any atom is 0.243 e. The van der Waals surface area contributed by atoms with Crippen molar-refractivity contribution < 1.29 is 17.9 Å². The highest BCUT2D eigenvalue weighted by Crippen LogP contribution is 2.20. The van der Waals surface area contributed by atoms with E-state index in [9.17, 15) is 13.2 Å². The number of piperazine rings is 1. The van der Waals surface area contributed by atoms with Gasteiger partial charge >= 0.3 is 0 Å². The van der Waals surface area contributed by atoms with E-state index in [0.29, 0.717) is 44.9 Å². The SMILES string of the molecule is CCCCC(=O)NCCN1CCN(S(=O)(=O)c2ccc(OC)cc2)CC1.Cl. The number of ether oxygens (including phenoxy) is 1. The van der Waals surface area contributed by atoms with Crippen molar-refractivity contribution >= 4 is 28.3 Å². The van der Waals surface area contributed by atoms with Gasteiger partial charge in [-0.1, -0.05) is 13.3 Å². The largest absolute Gasteiger partial charge is 0.497 e. The zero-order chi connectivity index (χ0) is 19.0. The first kappa shape index (κ1) is 23.7. The van der Waals surface area contributed by atoms with Crippen molar-refractivity contribution in [3.05, 3.63) is 24.3 Å². The number of methoxy groups -OCH3 is 1. The van der Waals surface area contributed by atoms with Gasteiger partial charge in [-0.25, -0.2) is 8.42 Å². The van der Waals surface area contributed by atoms with Crippen molar-refractivity contribution in [1.29, 1.82) is 0 Å². The highest BCUT2D eigenvalue weighted by Gasteiger charge is 2.28. The van der Waals surface area contributed by atoms with Crippen molar-refractivity contribution in [2.45, 2.75) is 31.1 Å². The van der Waals surface area contributed by atoms with Crippen LogP contribution in [0.2, 0.25) is 0 Å². The molecule has 0 unspecified atom stereocenters. The summed E-state index contributed by atoms with van der Waals surface area (Å²) in [5, 5.41) is 2.92. The third kappa shape index (κ3) is 6.95. The van der Waals surface area contributed by atoms with E-state index < -0.39 is 10.0 Å². The normalized spacial score (nSPS) is 15.8. The molecule has 1 N–H and O–H groups in total. The zero-order valence-corrected chi connectivity index (χ0v) is 17.7. The molecule has 9 heteroatoms. The molecule has 0 aliphatic carbocycles. The quantitative estimate of drug-likeness (QED) is 0.659. The van der Waals surface area contributed by atoms with Crippen LogP contribution in [0.5, 0.6) is 5.75 Å². The number of sulfonamides is 1. The predicted octanol–water partition coefficient (Wildman–Crippen LogP) is 1.73. The molecule has 2 rings (SSSR count). The van der Waals surface area contributed by atoms with E-state index in [1.54, 1.807) is 31.4 Å². The summed E-state index contributed by atoms with van der Waals surface area (Å²) in [7, 11) is -1.92. The van der Waals surface area contributed by atoms with E-state index in [1.807, 2.05) is 0 Å². The molecule has 1 fully saturated rings. The Kier molecular flexibility index (Phi) is 10.1. The molecule has 1 saturated heterocycles. The third-order valence-corrected chi connectivity index (χ3v) is 6.45. The van der Waals surface area contributed by atoms with Gasteiger partial charge in [-0.2, -0.15) is 4.31 Å². The molecule has 0 radical (unpaired) electrons. The molecule has 0 aromatic heterocycles. The molecular formula is C18H30ClN3O4S. The van der Waals surface area contributed by atoms with Gasteiger partial charge in [0.15, 0.2) is 0 Å². The second-order valence-electron chi connectivity index (χ2n) is 6.37. The molecule has 1 aromatic rings. The molecule has 1 heterocycles. The van der Waals surface area contributed by atoms with Gasteiger partial charge in [0.1, 0.15) is 5.75 Å². The van der Waals surface area contributed by atoms with Crippen LogP contribution in [0.25, 0.3) is 0 Å². The van der Waals surface area contributed by atoms with Crippen LogP contribution in [0, 0.1) is 0 Å². The summed E-state index contributed by atoms with van der Waals surface area (Å²) in [6, 6.07) is 6.47. The number of rotatable bonds is 9. The highest BCUT2D eigenvalue weighted by molar-refractivity contribution is 7.89. The van der Waals surface area contributed by atoms with Crippen molar-refractivity contribution in [3.63, 3.8) is 0 Å². The molecule has 0 spiro atoms. The summed E-state index contributed by atoms with van der Waals surface area (Å²) in [6.45, 7) is 5.66. The molecule has 0 bridgehead atoms. The van der Waals surface area contributed by atoms with Gasteiger partial charge in [0, 0.05) is 45.7 Å². The summed E-state index contributed by atoms with van der Waals surface area (Å²) in [4.78, 5) is 14.1. The summed E-state index contributed by atoms with van der Waals surface area (Å²) >= 11 is 0. The molecule has 7 nitrogen and oxygen atoms in total. The van der Waals surface area contributed by atoms with Crippen molar-refractivity contribution in [1.82, 2.24) is 14.5 Å². The Hall–Kier alpha value is -1.35. The van der Waals surface area contributed by atoms with Crippen LogP contribution in [0.3, 0.4) is 0 Å². The Morgan fingerprint density at radius 3 is 2.33 bits per heavy atom. The summed E-state index contributed by atoms with van der Waals surface area (Å²) < 4.78 is 32.0. The fourth-order valence-electron chi connectivity index (χ4n) is 2.87.